The number of carbonyl (C=O) groups is 1. The monoisotopic (exact) mass is 263 g/mol. The number of aliphatic hydroxyl groups excluding tert-OH is 1. The normalized spacial score (nSPS) is 15.2. The van der Waals surface area contributed by atoms with Gasteiger partial charge in [-0.3, -0.25) is 4.79 Å². The Kier molecular flexibility index (Phi) is 4.80. The fraction of sp³-hybridized carbons (Fsp3) is 0.500. The van der Waals surface area contributed by atoms with Gasteiger partial charge < -0.3 is 10.4 Å². The third kappa shape index (κ3) is 3.59. The smallest absolute Gasteiger partial charge is 0.223 e. The van der Waals surface area contributed by atoms with Crippen LogP contribution in [0.4, 0.5) is 0 Å². The zero-order valence-corrected chi connectivity index (χ0v) is 11.1. The van der Waals surface area contributed by atoms with Crippen molar-refractivity contribution in [1.29, 1.82) is 0 Å². The lowest BCUT2D eigenvalue weighted by molar-refractivity contribution is -0.124. The Morgan fingerprint density at radius 3 is 2.94 bits per heavy atom. The van der Waals surface area contributed by atoms with E-state index in [9.17, 15) is 4.79 Å². The highest BCUT2D eigenvalue weighted by atomic mass is 32.1. The topological polar surface area (TPSA) is 49.3 Å². The Labute approximate surface area is 111 Å². The van der Waals surface area contributed by atoms with Crippen molar-refractivity contribution in [2.24, 2.45) is 5.92 Å². The van der Waals surface area contributed by atoms with Crippen LogP contribution in [0, 0.1) is 17.8 Å². The van der Waals surface area contributed by atoms with E-state index in [1.807, 2.05) is 12.1 Å². The second-order valence-electron chi connectivity index (χ2n) is 4.43. The van der Waals surface area contributed by atoms with Gasteiger partial charge >= 0.3 is 0 Å². The maximum atomic E-state index is 11.8. The lowest BCUT2D eigenvalue weighted by Gasteiger charge is -2.08. The quantitative estimate of drug-likeness (QED) is 0.818. The van der Waals surface area contributed by atoms with E-state index >= 15 is 0 Å². The molecule has 0 saturated heterocycles. The van der Waals surface area contributed by atoms with Crippen LogP contribution in [-0.4, -0.2) is 17.6 Å². The minimum atomic E-state index is -0.119. The van der Waals surface area contributed by atoms with Gasteiger partial charge in [-0.15, -0.1) is 11.3 Å². The number of hydrogen-bond donors (Lipinski definition) is 2. The van der Waals surface area contributed by atoms with Crippen molar-refractivity contribution in [3.63, 3.8) is 0 Å². The summed E-state index contributed by atoms with van der Waals surface area (Å²) in [4.78, 5) is 13.9. The summed E-state index contributed by atoms with van der Waals surface area (Å²) in [6.07, 6.45) is 4.42. The van der Waals surface area contributed by atoms with Gasteiger partial charge in [0.2, 0.25) is 5.91 Å². The van der Waals surface area contributed by atoms with Crippen molar-refractivity contribution in [3.8, 4) is 11.8 Å². The number of nitrogens with one attached hydrogen (secondary N) is 1. The van der Waals surface area contributed by atoms with Crippen molar-refractivity contribution < 1.29 is 9.90 Å². The third-order valence-corrected chi connectivity index (χ3v) is 4.12. The van der Waals surface area contributed by atoms with Crippen molar-refractivity contribution in [2.75, 3.05) is 6.61 Å². The van der Waals surface area contributed by atoms with Crippen LogP contribution in [0.15, 0.2) is 12.1 Å². The third-order valence-electron chi connectivity index (χ3n) is 3.12. The van der Waals surface area contributed by atoms with Gasteiger partial charge in [-0.1, -0.05) is 24.7 Å². The van der Waals surface area contributed by atoms with Crippen LogP contribution in [0.5, 0.6) is 0 Å². The van der Waals surface area contributed by atoms with Crippen molar-refractivity contribution in [2.45, 2.75) is 32.2 Å². The molecular weight excluding hydrogens is 246 g/mol. The molecule has 0 bridgehead atoms. The average Bonchev–Trinajstić information content (AvgIpc) is 3.04. The molecule has 1 aromatic heterocycles. The molecular formula is C14H17NO2S. The Balaban J connectivity index is 1.82. The van der Waals surface area contributed by atoms with E-state index < -0.39 is 0 Å². The molecule has 0 aliphatic heterocycles. The molecule has 1 saturated carbocycles. The number of amides is 1. The summed E-state index contributed by atoms with van der Waals surface area (Å²) in [7, 11) is 0. The lowest BCUT2D eigenvalue weighted by Crippen LogP contribution is -2.28. The highest BCUT2D eigenvalue weighted by Crippen LogP contribution is 2.25. The maximum absolute atomic E-state index is 11.8. The summed E-state index contributed by atoms with van der Waals surface area (Å²) in [5.41, 5.74) is 0. The number of carbonyl (C=O) groups excluding carboxylic acids is 1. The zero-order valence-electron chi connectivity index (χ0n) is 10.2. The molecule has 3 nitrogen and oxygen atoms in total. The molecule has 1 amide bonds. The number of thiophene rings is 1. The molecule has 1 aliphatic carbocycles. The molecule has 1 heterocycles. The molecule has 0 aromatic carbocycles. The van der Waals surface area contributed by atoms with E-state index in [-0.39, 0.29) is 18.4 Å². The minimum absolute atomic E-state index is 0.119. The summed E-state index contributed by atoms with van der Waals surface area (Å²) in [6, 6.07) is 3.89. The molecule has 0 atom stereocenters. The molecule has 18 heavy (non-hydrogen) atoms. The predicted octanol–water partition coefficient (Wildman–Crippen LogP) is 1.90. The van der Waals surface area contributed by atoms with Crippen LogP contribution in [0.2, 0.25) is 0 Å². The van der Waals surface area contributed by atoms with Gasteiger partial charge in [-0.25, -0.2) is 0 Å². The molecule has 1 fully saturated rings. The van der Waals surface area contributed by atoms with Gasteiger partial charge in [0.05, 0.1) is 11.4 Å². The summed E-state index contributed by atoms with van der Waals surface area (Å²) in [5, 5.41) is 11.6. The first-order chi connectivity index (χ1) is 8.79. The largest absolute Gasteiger partial charge is 0.384 e. The van der Waals surface area contributed by atoms with Crippen LogP contribution in [0.3, 0.4) is 0 Å². The fourth-order valence-corrected chi connectivity index (χ4v) is 3.00. The Hall–Kier alpha value is -1.31. The highest BCUT2D eigenvalue weighted by Gasteiger charge is 2.22. The Morgan fingerprint density at radius 2 is 2.22 bits per heavy atom. The molecule has 4 heteroatoms. The Bertz CT molecular complexity index is 464. The second-order valence-corrected chi connectivity index (χ2v) is 5.59. The standard InChI is InChI=1S/C14H17NO2S/c16-9-3-6-12-7-8-13(18-12)10-15-14(17)11-4-1-2-5-11/h7-8,11,16H,1-2,4-5,9-10H2,(H,15,17). The van der Waals surface area contributed by atoms with Crippen LogP contribution in [0.25, 0.3) is 0 Å². The molecule has 2 rings (SSSR count). The summed E-state index contributed by atoms with van der Waals surface area (Å²) >= 11 is 1.56. The summed E-state index contributed by atoms with van der Waals surface area (Å²) in [6.45, 7) is 0.465. The molecule has 1 aliphatic rings. The van der Waals surface area contributed by atoms with Gasteiger partial charge in [-0.2, -0.15) is 0 Å². The van der Waals surface area contributed by atoms with Crippen molar-refractivity contribution in [3.05, 3.63) is 21.9 Å². The minimum Gasteiger partial charge on any atom is -0.384 e. The zero-order chi connectivity index (χ0) is 12.8. The van der Waals surface area contributed by atoms with Gasteiger partial charge in [0.15, 0.2) is 0 Å². The van der Waals surface area contributed by atoms with Gasteiger partial charge in [0.25, 0.3) is 0 Å². The molecule has 1 aromatic rings. The van der Waals surface area contributed by atoms with E-state index in [1.54, 1.807) is 11.3 Å². The first kappa shape index (κ1) is 13.1. The van der Waals surface area contributed by atoms with Crippen LogP contribution >= 0.6 is 11.3 Å². The van der Waals surface area contributed by atoms with Gasteiger partial charge in [0, 0.05) is 10.8 Å². The molecule has 0 radical (unpaired) electrons. The van der Waals surface area contributed by atoms with E-state index in [0.29, 0.717) is 6.54 Å². The van der Waals surface area contributed by atoms with E-state index in [1.165, 1.54) is 12.8 Å². The maximum Gasteiger partial charge on any atom is 0.223 e. The lowest BCUT2D eigenvalue weighted by atomic mass is 10.1. The number of hydrogen-bond acceptors (Lipinski definition) is 3. The highest BCUT2D eigenvalue weighted by molar-refractivity contribution is 7.12. The SMILES string of the molecule is O=C(NCc1ccc(C#CCO)s1)C1CCCC1. The fourth-order valence-electron chi connectivity index (χ4n) is 2.17. The van der Waals surface area contributed by atoms with Crippen molar-refractivity contribution in [1.82, 2.24) is 5.32 Å². The Morgan fingerprint density at radius 1 is 1.44 bits per heavy atom. The van der Waals surface area contributed by atoms with Crippen molar-refractivity contribution >= 4 is 17.2 Å². The van der Waals surface area contributed by atoms with Crippen LogP contribution in [-0.2, 0) is 11.3 Å². The number of aliphatic hydroxyl groups is 1. The summed E-state index contributed by atoms with van der Waals surface area (Å²) in [5.74, 6) is 5.88. The van der Waals surface area contributed by atoms with Crippen LogP contribution in [0.1, 0.15) is 35.4 Å². The van der Waals surface area contributed by atoms with E-state index in [0.717, 1.165) is 22.6 Å². The van der Waals surface area contributed by atoms with E-state index in [2.05, 4.69) is 17.2 Å². The van der Waals surface area contributed by atoms with Gasteiger partial charge in [0.1, 0.15) is 6.61 Å². The van der Waals surface area contributed by atoms with E-state index in [4.69, 9.17) is 5.11 Å². The first-order valence-corrected chi connectivity index (χ1v) is 7.07. The molecule has 0 spiro atoms. The average molecular weight is 263 g/mol. The molecule has 2 N–H and O–H groups in total. The summed E-state index contributed by atoms with van der Waals surface area (Å²) < 4.78 is 0. The predicted molar refractivity (Wildman–Crippen MR) is 72.1 cm³/mol. The molecule has 0 unspecified atom stereocenters. The first-order valence-electron chi connectivity index (χ1n) is 6.26. The second kappa shape index (κ2) is 6.58. The van der Waals surface area contributed by atoms with Gasteiger partial charge in [-0.05, 0) is 25.0 Å². The van der Waals surface area contributed by atoms with Crippen LogP contribution < -0.4 is 5.32 Å². The number of rotatable bonds is 3. The molecule has 96 valence electrons.